The van der Waals surface area contributed by atoms with Gasteiger partial charge in [0.25, 0.3) is 0 Å². The molecule has 0 unspecified atom stereocenters. The van der Waals surface area contributed by atoms with Crippen LogP contribution in [0.5, 0.6) is 0 Å². The van der Waals surface area contributed by atoms with E-state index in [1.54, 1.807) is 17.9 Å². The number of carbonyl (C=O) groups is 1. The van der Waals surface area contributed by atoms with Gasteiger partial charge in [-0.15, -0.1) is 0 Å². The summed E-state index contributed by atoms with van der Waals surface area (Å²) in [5.74, 6) is -0.724. The molecule has 8 nitrogen and oxygen atoms in total. The molecular formula is C32H55N2O6PS. The second-order valence-corrected chi connectivity index (χ2v) is 17.9. The number of benzene rings is 1. The molecule has 1 N–H and O–H groups in total. The zero-order chi connectivity index (χ0) is 32.2. The van der Waals surface area contributed by atoms with Crippen molar-refractivity contribution in [1.82, 2.24) is 9.62 Å². The van der Waals surface area contributed by atoms with E-state index in [0.717, 1.165) is 16.7 Å². The molecule has 42 heavy (non-hydrogen) atoms. The number of carbonyl (C=O) groups excluding carboxylic acids is 1. The van der Waals surface area contributed by atoms with Crippen molar-refractivity contribution in [3.8, 4) is 0 Å². The molecule has 0 bridgehead atoms. The smallest absolute Gasteiger partial charge is 0.410 e. The van der Waals surface area contributed by atoms with Gasteiger partial charge in [-0.05, 0) is 80.9 Å². The van der Waals surface area contributed by atoms with Gasteiger partial charge in [0.05, 0.1) is 11.5 Å². The van der Waals surface area contributed by atoms with E-state index in [-0.39, 0.29) is 41.7 Å². The molecule has 1 aliphatic heterocycles. The Bertz CT molecular complexity index is 1250. The molecule has 0 spiro atoms. The molecular weight excluding hydrogens is 571 g/mol. The van der Waals surface area contributed by atoms with Crippen LogP contribution in [-0.2, 0) is 23.8 Å². The fourth-order valence-corrected chi connectivity index (χ4v) is 10.5. The number of hydrogen-bond donors (Lipinski definition) is 1. The van der Waals surface area contributed by atoms with Crippen LogP contribution < -0.4 is 4.72 Å². The Morgan fingerprint density at radius 1 is 1.00 bits per heavy atom. The largest absolute Gasteiger partial charge is 0.444 e. The van der Waals surface area contributed by atoms with E-state index < -0.39 is 34.9 Å². The summed E-state index contributed by atoms with van der Waals surface area (Å²) in [5.41, 5.74) is 2.00. The quantitative estimate of drug-likeness (QED) is 0.233. The molecule has 1 aromatic carbocycles. The topological polar surface area (TPSA) is 102 Å². The van der Waals surface area contributed by atoms with Gasteiger partial charge < -0.3 is 14.2 Å². The third-order valence-electron chi connectivity index (χ3n) is 7.30. The first-order chi connectivity index (χ1) is 19.2. The van der Waals surface area contributed by atoms with Crippen LogP contribution in [0.25, 0.3) is 0 Å². The lowest BCUT2D eigenvalue weighted by atomic mass is 9.89. The molecule has 0 fully saturated rings. The number of hydrogen-bond acceptors (Lipinski definition) is 6. The van der Waals surface area contributed by atoms with Crippen LogP contribution in [0.4, 0.5) is 4.79 Å². The normalized spacial score (nSPS) is 17.1. The van der Waals surface area contributed by atoms with Crippen LogP contribution in [-0.4, -0.2) is 50.5 Å². The Kier molecular flexibility index (Phi) is 12.5. The molecule has 2 atom stereocenters. The zero-order valence-electron chi connectivity index (χ0n) is 27.9. The van der Waals surface area contributed by atoms with E-state index in [1.807, 2.05) is 74.4 Å². The maximum absolute atomic E-state index is 14.8. The van der Waals surface area contributed by atoms with Crippen molar-refractivity contribution in [3.63, 3.8) is 0 Å². The summed E-state index contributed by atoms with van der Waals surface area (Å²) in [6, 6.07) is 4.01. The number of nitrogens with one attached hydrogen (secondary N) is 1. The van der Waals surface area contributed by atoms with Crippen LogP contribution in [0.3, 0.4) is 0 Å². The lowest BCUT2D eigenvalue weighted by molar-refractivity contribution is 0.0266. The lowest BCUT2D eigenvalue weighted by Crippen LogP contribution is -2.41. The number of sulfonamides is 1. The summed E-state index contributed by atoms with van der Waals surface area (Å²) in [4.78, 5) is 14.5. The van der Waals surface area contributed by atoms with Gasteiger partial charge in [-0.25, -0.2) is 13.2 Å². The second-order valence-electron chi connectivity index (χ2n) is 13.6. The van der Waals surface area contributed by atoms with Gasteiger partial charge in [0.2, 0.25) is 17.4 Å². The molecule has 0 saturated heterocycles. The molecule has 1 aromatic rings. The Balaban J connectivity index is 2.61. The van der Waals surface area contributed by atoms with Crippen molar-refractivity contribution in [2.45, 2.75) is 130 Å². The van der Waals surface area contributed by atoms with Crippen molar-refractivity contribution in [2.24, 2.45) is 5.92 Å². The van der Waals surface area contributed by atoms with E-state index in [4.69, 9.17) is 9.26 Å². The van der Waals surface area contributed by atoms with E-state index >= 15 is 0 Å². The van der Waals surface area contributed by atoms with E-state index in [1.165, 1.54) is 0 Å². The first-order valence-electron chi connectivity index (χ1n) is 15.3. The Morgan fingerprint density at radius 3 is 1.93 bits per heavy atom. The summed E-state index contributed by atoms with van der Waals surface area (Å²) < 4.78 is 58.1. The van der Waals surface area contributed by atoms with Crippen molar-refractivity contribution in [3.05, 3.63) is 40.2 Å². The molecule has 1 aliphatic rings. The van der Waals surface area contributed by atoms with Crippen LogP contribution in [0.2, 0.25) is 0 Å². The fourth-order valence-electron chi connectivity index (χ4n) is 5.14. The third kappa shape index (κ3) is 9.17. The predicted octanol–water partition coefficient (Wildman–Crippen LogP) is 8.55. The van der Waals surface area contributed by atoms with Gasteiger partial charge in [-0.3, -0.25) is 4.57 Å². The maximum atomic E-state index is 14.8. The van der Waals surface area contributed by atoms with Crippen molar-refractivity contribution >= 4 is 23.5 Å². The van der Waals surface area contributed by atoms with Crippen LogP contribution >= 0.6 is 7.37 Å². The monoisotopic (exact) mass is 626 g/mol. The van der Waals surface area contributed by atoms with Gasteiger partial charge in [0.15, 0.2) is 0 Å². The summed E-state index contributed by atoms with van der Waals surface area (Å²) in [6.45, 7) is 24.1. The van der Waals surface area contributed by atoms with Gasteiger partial charge in [-0.2, -0.15) is 4.72 Å². The highest BCUT2D eigenvalue weighted by molar-refractivity contribution is 7.90. The standard InChI is InChI=1S/C32H55N2O6PS/c1-13-39-41(36,26-14-16-34(17-15-26)31(35)40-32(10,11)12)29(18-21(2)3)33-42(37,38)30-27(23(6)7)19-25(22(4)5)20-28(30)24(8)9/h14,19-24,29,33H,13,15-18H2,1-12H3/t29-,41-/m0/s1. The Hall–Kier alpha value is -1.67. The molecule has 1 amide bonds. The molecule has 240 valence electrons. The van der Waals surface area contributed by atoms with Crippen LogP contribution in [0.1, 0.15) is 130 Å². The Morgan fingerprint density at radius 2 is 1.55 bits per heavy atom. The summed E-state index contributed by atoms with van der Waals surface area (Å²) in [7, 11) is -7.78. The number of nitrogens with zero attached hydrogens (tertiary/aromatic N) is 1. The minimum absolute atomic E-state index is 0.0325. The molecule has 0 aromatic heterocycles. The van der Waals surface area contributed by atoms with Gasteiger partial charge in [0, 0.05) is 18.4 Å². The van der Waals surface area contributed by atoms with E-state index in [2.05, 4.69) is 18.6 Å². The SMILES string of the molecule is CCO[P@@](=O)(C1=CCN(C(=O)OC(C)(C)C)CC1)[C@@H](CC(C)C)NS(=O)(=O)c1c(C(C)C)cc(C(C)C)cc1C(C)C. The summed E-state index contributed by atoms with van der Waals surface area (Å²) in [6.07, 6.45) is 1.96. The van der Waals surface area contributed by atoms with E-state index in [0.29, 0.717) is 24.7 Å². The highest BCUT2D eigenvalue weighted by Gasteiger charge is 2.43. The minimum Gasteiger partial charge on any atom is -0.444 e. The molecule has 2 rings (SSSR count). The number of rotatable bonds is 12. The first kappa shape index (κ1) is 36.5. The van der Waals surface area contributed by atoms with Gasteiger partial charge in [-0.1, -0.05) is 73.6 Å². The average molecular weight is 627 g/mol. The first-order valence-corrected chi connectivity index (χ1v) is 18.5. The van der Waals surface area contributed by atoms with Crippen molar-refractivity contribution in [2.75, 3.05) is 19.7 Å². The van der Waals surface area contributed by atoms with Gasteiger partial charge >= 0.3 is 6.09 Å². The number of amides is 1. The lowest BCUT2D eigenvalue weighted by Gasteiger charge is -2.35. The summed E-state index contributed by atoms with van der Waals surface area (Å²) in [5, 5.41) is 0.556. The minimum atomic E-state index is -4.10. The summed E-state index contributed by atoms with van der Waals surface area (Å²) >= 11 is 0. The average Bonchev–Trinajstić information content (AvgIpc) is 2.86. The van der Waals surface area contributed by atoms with Crippen molar-refractivity contribution in [1.29, 1.82) is 0 Å². The highest BCUT2D eigenvalue weighted by Crippen LogP contribution is 2.61. The van der Waals surface area contributed by atoms with Crippen molar-refractivity contribution < 1.29 is 27.0 Å². The van der Waals surface area contributed by atoms with E-state index in [9.17, 15) is 17.8 Å². The number of ether oxygens (including phenoxy) is 1. The van der Waals surface area contributed by atoms with Crippen LogP contribution in [0, 0.1) is 5.92 Å². The molecule has 1 heterocycles. The van der Waals surface area contributed by atoms with Gasteiger partial charge in [0.1, 0.15) is 11.4 Å². The molecule has 0 radical (unpaired) electrons. The van der Waals surface area contributed by atoms with Crippen LogP contribution in [0.15, 0.2) is 28.4 Å². The highest BCUT2D eigenvalue weighted by atomic mass is 32.2. The Labute approximate surface area is 255 Å². The molecule has 0 saturated carbocycles. The maximum Gasteiger partial charge on any atom is 0.410 e. The predicted molar refractivity (Wildman–Crippen MR) is 172 cm³/mol. The zero-order valence-corrected chi connectivity index (χ0v) is 29.6. The molecule has 0 aliphatic carbocycles. The fraction of sp³-hybridized carbons (Fsp3) is 0.719. The molecule has 10 heteroatoms. The third-order valence-corrected chi connectivity index (χ3v) is 12.1. The second kappa shape index (κ2) is 14.4.